The highest BCUT2D eigenvalue weighted by molar-refractivity contribution is 5.55. The number of benzene rings is 1. The second-order valence-electron chi connectivity index (χ2n) is 3.72. The summed E-state index contributed by atoms with van der Waals surface area (Å²) in [6.07, 6.45) is 1.29. The Balaban J connectivity index is 2.78. The third-order valence-corrected chi connectivity index (χ3v) is 2.66. The average Bonchev–Trinajstić information content (AvgIpc) is 2.42. The van der Waals surface area contributed by atoms with E-state index < -0.39 is 11.4 Å². The van der Waals surface area contributed by atoms with E-state index in [9.17, 15) is 9.18 Å². The van der Waals surface area contributed by atoms with Gasteiger partial charge in [-0.25, -0.2) is 4.39 Å². The molecule has 1 heterocycles. The maximum Gasteiger partial charge on any atom is 0.279 e. The number of para-hydroxylation sites is 1. The summed E-state index contributed by atoms with van der Waals surface area (Å²) in [5.41, 5.74) is 4.68. The zero-order chi connectivity index (χ0) is 14.0. The molecule has 0 unspecified atom stereocenters. The number of nitrogens with zero attached hydrogens (tertiary/aromatic N) is 2. The van der Waals surface area contributed by atoms with E-state index >= 15 is 0 Å². The van der Waals surface area contributed by atoms with Gasteiger partial charge in [-0.05, 0) is 18.2 Å². The highest BCUT2D eigenvalue weighted by atomic mass is 19.1. The summed E-state index contributed by atoms with van der Waals surface area (Å²) in [7, 11) is 1.37. The molecular weight excluding hydrogens is 249 g/mol. The largest absolute Gasteiger partial charge is 0.494 e. The number of methoxy groups -OCH3 is 1. The summed E-state index contributed by atoms with van der Waals surface area (Å²) in [4.78, 5) is 12.0. The van der Waals surface area contributed by atoms with Gasteiger partial charge in [-0.3, -0.25) is 9.36 Å². The molecule has 0 fully saturated rings. The van der Waals surface area contributed by atoms with Crippen LogP contribution in [0.1, 0.15) is 5.56 Å². The SMILES string of the molecule is COc1cccc(F)c1-n1ccc(C#N)c(N)c1=O. The molecule has 19 heavy (non-hydrogen) atoms. The summed E-state index contributed by atoms with van der Waals surface area (Å²) in [6, 6.07) is 7.35. The zero-order valence-corrected chi connectivity index (χ0v) is 10.1. The minimum absolute atomic E-state index is 0.0359. The van der Waals surface area contributed by atoms with Gasteiger partial charge in [-0.1, -0.05) is 6.07 Å². The van der Waals surface area contributed by atoms with Crippen molar-refractivity contribution in [2.45, 2.75) is 0 Å². The molecule has 2 rings (SSSR count). The molecular formula is C13H10FN3O2. The number of ether oxygens (including phenoxy) is 1. The third-order valence-electron chi connectivity index (χ3n) is 2.66. The molecule has 0 aliphatic carbocycles. The van der Waals surface area contributed by atoms with Crippen LogP contribution < -0.4 is 16.0 Å². The van der Waals surface area contributed by atoms with E-state index in [1.165, 1.54) is 37.6 Å². The molecule has 0 radical (unpaired) electrons. The van der Waals surface area contributed by atoms with E-state index in [-0.39, 0.29) is 22.7 Å². The number of nitrogen functional groups attached to an aromatic ring is 1. The second-order valence-corrected chi connectivity index (χ2v) is 3.72. The van der Waals surface area contributed by atoms with Crippen LogP contribution in [0, 0.1) is 17.1 Å². The number of nitriles is 1. The van der Waals surface area contributed by atoms with Crippen LogP contribution in [-0.2, 0) is 0 Å². The van der Waals surface area contributed by atoms with Crippen LogP contribution in [0.4, 0.5) is 10.1 Å². The van der Waals surface area contributed by atoms with E-state index in [0.717, 1.165) is 4.57 Å². The van der Waals surface area contributed by atoms with Crippen molar-refractivity contribution < 1.29 is 9.13 Å². The van der Waals surface area contributed by atoms with Crippen LogP contribution >= 0.6 is 0 Å². The molecule has 0 bridgehead atoms. The van der Waals surface area contributed by atoms with Crippen molar-refractivity contribution in [3.8, 4) is 17.5 Å². The highest BCUT2D eigenvalue weighted by Crippen LogP contribution is 2.24. The summed E-state index contributed by atoms with van der Waals surface area (Å²) in [5, 5.41) is 8.78. The summed E-state index contributed by atoms with van der Waals surface area (Å²) in [6.45, 7) is 0. The Labute approximate surface area is 108 Å². The molecule has 2 N–H and O–H groups in total. The highest BCUT2D eigenvalue weighted by Gasteiger charge is 2.15. The molecule has 1 aromatic carbocycles. The number of anilines is 1. The van der Waals surface area contributed by atoms with Crippen molar-refractivity contribution in [1.29, 1.82) is 5.26 Å². The van der Waals surface area contributed by atoms with Crippen LogP contribution in [0.5, 0.6) is 5.75 Å². The number of nitrogens with two attached hydrogens (primary N) is 1. The van der Waals surface area contributed by atoms with Crippen molar-refractivity contribution in [3.05, 3.63) is 52.2 Å². The van der Waals surface area contributed by atoms with Gasteiger partial charge in [-0.15, -0.1) is 0 Å². The number of aromatic nitrogens is 1. The first-order chi connectivity index (χ1) is 9.10. The predicted octanol–water partition coefficient (Wildman–Crippen LogP) is 1.44. The molecule has 0 saturated heterocycles. The predicted molar refractivity (Wildman–Crippen MR) is 67.7 cm³/mol. The van der Waals surface area contributed by atoms with Gasteiger partial charge in [0.15, 0.2) is 5.82 Å². The number of hydrogen-bond donors (Lipinski definition) is 1. The second kappa shape index (κ2) is 4.82. The third kappa shape index (κ3) is 2.02. The van der Waals surface area contributed by atoms with Crippen molar-refractivity contribution in [1.82, 2.24) is 4.57 Å². The Morgan fingerprint density at radius 1 is 1.42 bits per heavy atom. The summed E-state index contributed by atoms with van der Waals surface area (Å²) >= 11 is 0. The number of pyridine rings is 1. The Morgan fingerprint density at radius 3 is 2.79 bits per heavy atom. The molecule has 6 heteroatoms. The summed E-state index contributed by atoms with van der Waals surface area (Å²) in [5.74, 6) is -0.420. The Bertz CT molecular complexity index is 732. The van der Waals surface area contributed by atoms with Gasteiger partial charge in [0.25, 0.3) is 5.56 Å². The zero-order valence-electron chi connectivity index (χ0n) is 10.1. The minimum Gasteiger partial charge on any atom is -0.494 e. The molecule has 0 amide bonds. The number of halogens is 1. The Morgan fingerprint density at radius 2 is 2.16 bits per heavy atom. The van der Waals surface area contributed by atoms with Crippen molar-refractivity contribution in [2.75, 3.05) is 12.8 Å². The number of hydrogen-bond acceptors (Lipinski definition) is 4. The molecule has 2 aromatic rings. The van der Waals surface area contributed by atoms with Gasteiger partial charge in [0.05, 0.1) is 12.7 Å². The first-order valence-electron chi connectivity index (χ1n) is 5.34. The van der Waals surface area contributed by atoms with Crippen molar-refractivity contribution >= 4 is 5.69 Å². The van der Waals surface area contributed by atoms with E-state index in [1.54, 1.807) is 6.07 Å². The lowest BCUT2D eigenvalue weighted by Crippen LogP contribution is -2.23. The van der Waals surface area contributed by atoms with Crippen molar-refractivity contribution in [3.63, 3.8) is 0 Å². The monoisotopic (exact) mass is 259 g/mol. The van der Waals surface area contributed by atoms with E-state index in [4.69, 9.17) is 15.7 Å². The van der Waals surface area contributed by atoms with Gasteiger partial charge in [0, 0.05) is 6.20 Å². The lowest BCUT2D eigenvalue weighted by atomic mass is 10.2. The molecule has 0 saturated carbocycles. The molecule has 0 spiro atoms. The van der Waals surface area contributed by atoms with Crippen LogP contribution in [0.25, 0.3) is 5.69 Å². The quantitative estimate of drug-likeness (QED) is 0.884. The van der Waals surface area contributed by atoms with Crippen LogP contribution in [0.3, 0.4) is 0 Å². The van der Waals surface area contributed by atoms with E-state index in [2.05, 4.69) is 0 Å². The van der Waals surface area contributed by atoms with Gasteiger partial charge in [0.1, 0.15) is 23.2 Å². The fourth-order valence-corrected chi connectivity index (χ4v) is 1.72. The number of rotatable bonds is 2. The Hall–Kier alpha value is -2.81. The first kappa shape index (κ1) is 12.6. The van der Waals surface area contributed by atoms with Crippen molar-refractivity contribution in [2.24, 2.45) is 0 Å². The van der Waals surface area contributed by atoms with Gasteiger partial charge in [0.2, 0.25) is 0 Å². The van der Waals surface area contributed by atoms with Gasteiger partial charge >= 0.3 is 0 Å². The van der Waals surface area contributed by atoms with Gasteiger partial charge in [-0.2, -0.15) is 5.26 Å². The molecule has 1 aromatic heterocycles. The van der Waals surface area contributed by atoms with Crippen LogP contribution in [0.2, 0.25) is 0 Å². The minimum atomic E-state index is -0.664. The molecule has 0 aliphatic heterocycles. The summed E-state index contributed by atoms with van der Waals surface area (Å²) < 4.78 is 19.9. The lowest BCUT2D eigenvalue weighted by molar-refractivity contribution is 0.408. The lowest BCUT2D eigenvalue weighted by Gasteiger charge is -2.12. The smallest absolute Gasteiger partial charge is 0.279 e. The topological polar surface area (TPSA) is 81.0 Å². The van der Waals surface area contributed by atoms with E-state index in [1.807, 2.05) is 0 Å². The van der Waals surface area contributed by atoms with Crippen LogP contribution in [-0.4, -0.2) is 11.7 Å². The Kier molecular flexibility index (Phi) is 3.21. The maximum absolute atomic E-state index is 13.9. The standard InChI is InChI=1S/C13H10FN3O2/c1-19-10-4-2-3-9(14)12(10)17-6-5-8(7-15)11(16)13(17)18/h2-6H,16H2,1H3. The maximum atomic E-state index is 13.9. The molecule has 0 aliphatic rings. The van der Waals surface area contributed by atoms with Gasteiger partial charge < -0.3 is 10.5 Å². The molecule has 5 nitrogen and oxygen atoms in total. The fourth-order valence-electron chi connectivity index (χ4n) is 1.72. The molecule has 96 valence electrons. The first-order valence-corrected chi connectivity index (χ1v) is 5.34. The fraction of sp³-hybridized carbons (Fsp3) is 0.0769. The van der Waals surface area contributed by atoms with Crippen LogP contribution in [0.15, 0.2) is 35.3 Å². The normalized spacial score (nSPS) is 9.95. The molecule has 0 atom stereocenters. The average molecular weight is 259 g/mol. The van der Waals surface area contributed by atoms with E-state index in [0.29, 0.717) is 0 Å².